The van der Waals surface area contributed by atoms with Crippen LogP contribution in [0.3, 0.4) is 0 Å². The zero-order valence-corrected chi connectivity index (χ0v) is 16.3. The van der Waals surface area contributed by atoms with Crippen LogP contribution in [0.1, 0.15) is 16.7 Å². The fourth-order valence-corrected chi connectivity index (χ4v) is 3.30. The van der Waals surface area contributed by atoms with Gasteiger partial charge in [0.25, 0.3) is 0 Å². The summed E-state index contributed by atoms with van der Waals surface area (Å²) in [5.74, 6) is -45.1. The van der Waals surface area contributed by atoms with E-state index in [1.165, 1.54) is 0 Å². The van der Waals surface area contributed by atoms with Gasteiger partial charge in [-0.25, -0.2) is 65.9 Å². The standard InChI is InChI=1S/C20H3F15O/c21-5-2(6(22)12(28)17(33)11(5)27)1-20(36,3-7(23)13(29)18(34)14(30)8(3)24)4-9(25)15(31)19(35)16(32)10(4)26/h36H,1H2. The summed E-state index contributed by atoms with van der Waals surface area (Å²) >= 11 is 0. The van der Waals surface area contributed by atoms with E-state index in [9.17, 15) is 71.0 Å². The first kappa shape index (κ1) is 27.2. The van der Waals surface area contributed by atoms with Crippen LogP contribution in [0, 0.1) is 87.3 Å². The Morgan fingerprint density at radius 1 is 0.333 bits per heavy atom. The van der Waals surface area contributed by atoms with Crippen molar-refractivity contribution < 1.29 is 71.0 Å². The minimum atomic E-state index is -4.87. The van der Waals surface area contributed by atoms with Crippen molar-refractivity contribution in [2.24, 2.45) is 0 Å². The first-order valence-corrected chi connectivity index (χ1v) is 8.77. The van der Waals surface area contributed by atoms with Gasteiger partial charge in [0.15, 0.2) is 69.8 Å². The molecular weight excluding hydrogens is 541 g/mol. The lowest BCUT2D eigenvalue weighted by Crippen LogP contribution is -2.38. The third-order valence-electron chi connectivity index (χ3n) is 4.98. The van der Waals surface area contributed by atoms with Crippen LogP contribution >= 0.6 is 0 Å². The van der Waals surface area contributed by atoms with Crippen molar-refractivity contribution in [3.05, 3.63) is 104 Å². The van der Waals surface area contributed by atoms with Gasteiger partial charge in [0.2, 0.25) is 17.5 Å². The van der Waals surface area contributed by atoms with Gasteiger partial charge in [-0.05, 0) is 0 Å². The molecule has 3 aromatic rings. The molecule has 194 valence electrons. The van der Waals surface area contributed by atoms with E-state index in [0.717, 1.165) is 0 Å². The quantitative estimate of drug-likeness (QED) is 0.234. The van der Waals surface area contributed by atoms with E-state index in [1.54, 1.807) is 0 Å². The van der Waals surface area contributed by atoms with E-state index in [2.05, 4.69) is 0 Å². The Balaban J connectivity index is 2.58. The SMILES string of the molecule is OC(Cc1c(F)c(F)c(F)c(F)c1F)(c1c(F)c(F)c(F)c(F)c1F)c1c(F)c(F)c(F)c(F)c1F. The Morgan fingerprint density at radius 2 is 0.528 bits per heavy atom. The van der Waals surface area contributed by atoms with Gasteiger partial charge < -0.3 is 5.11 Å². The van der Waals surface area contributed by atoms with Gasteiger partial charge in [0, 0.05) is 12.0 Å². The van der Waals surface area contributed by atoms with Gasteiger partial charge >= 0.3 is 0 Å². The van der Waals surface area contributed by atoms with Crippen molar-refractivity contribution in [2.45, 2.75) is 12.0 Å². The summed E-state index contributed by atoms with van der Waals surface area (Å²) in [5.41, 5.74) is -12.9. The van der Waals surface area contributed by atoms with E-state index in [1.807, 2.05) is 0 Å². The summed E-state index contributed by atoms with van der Waals surface area (Å²) in [4.78, 5) is 0. The third kappa shape index (κ3) is 3.65. The molecule has 3 aromatic carbocycles. The number of benzene rings is 3. The molecule has 1 nitrogen and oxygen atoms in total. The smallest absolute Gasteiger partial charge is 0.200 e. The molecule has 0 aliphatic heterocycles. The van der Waals surface area contributed by atoms with Crippen molar-refractivity contribution in [1.82, 2.24) is 0 Å². The molecule has 0 spiro atoms. The van der Waals surface area contributed by atoms with Crippen molar-refractivity contribution in [3.63, 3.8) is 0 Å². The number of rotatable bonds is 4. The van der Waals surface area contributed by atoms with E-state index in [0.29, 0.717) is 0 Å². The fourth-order valence-electron chi connectivity index (χ4n) is 3.30. The van der Waals surface area contributed by atoms with Crippen LogP contribution in [0.2, 0.25) is 0 Å². The molecule has 0 bridgehead atoms. The highest BCUT2D eigenvalue weighted by Gasteiger charge is 2.48. The second-order valence-electron chi connectivity index (χ2n) is 6.98. The molecule has 16 heteroatoms. The van der Waals surface area contributed by atoms with Gasteiger partial charge in [-0.3, -0.25) is 0 Å². The van der Waals surface area contributed by atoms with Gasteiger partial charge in [-0.2, -0.15) is 0 Å². The highest BCUT2D eigenvalue weighted by atomic mass is 19.2. The topological polar surface area (TPSA) is 20.2 Å². The second-order valence-corrected chi connectivity index (χ2v) is 6.98. The number of aliphatic hydroxyl groups is 1. The monoisotopic (exact) mass is 544 g/mol. The van der Waals surface area contributed by atoms with Crippen LogP contribution in [-0.4, -0.2) is 5.11 Å². The predicted octanol–water partition coefficient (Wildman–Crippen LogP) is 6.25. The molecule has 36 heavy (non-hydrogen) atoms. The van der Waals surface area contributed by atoms with E-state index < -0.39 is 116 Å². The molecule has 0 aliphatic carbocycles. The first-order valence-electron chi connectivity index (χ1n) is 8.77. The minimum absolute atomic E-state index is 2.39. The summed E-state index contributed by atoms with van der Waals surface area (Å²) in [6.45, 7) is 0. The summed E-state index contributed by atoms with van der Waals surface area (Å²) < 4.78 is 209. The fraction of sp³-hybridized carbons (Fsp3) is 0.100. The van der Waals surface area contributed by atoms with Crippen LogP contribution in [0.15, 0.2) is 0 Å². The van der Waals surface area contributed by atoms with Crippen LogP contribution in [0.5, 0.6) is 0 Å². The summed E-state index contributed by atoms with van der Waals surface area (Å²) in [6, 6.07) is 0. The lowest BCUT2D eigenvalue weighted by Gasteiger charge is -2.31. The summed E-state index contributed by atoms with van der Waals surface area (Å²) in [6.07, 6.45) is -2.70. The number of hydrogen-bond acceptors (Lipinski definition) is 1. The maximum absolute atomic E-state index is 14.5. The molecule has 0 radical (unpaired) electrons. The first-order chi connectivity index (χ1) is 16.5. The van der Waals surface area contributed by atoms with Crippen LogP contribution in [-0.2, 0) is 12.0 Å². The molecule has 0 fully saturated rings. The van der Waals surface area contributed by atoms with Crippen LogP contribution in [0.25, 0.3) is 0 Å². The number of halogens is 15. The van der Waals surface area contributed by atoms with Crippen LogP contribution in [0.4, 0.5) is 65.9 Å². The average molecular weight is 544 g/mol. The normalized spacial score (nSPS) is 12.0. The molecular formula is C20H3F15O. The second kappa shape index (κ2) is 8.90. The van der Waals surface area contributed by atoms with E-state index in [-0.39, 0.29) is 0 Å². The maximum Gasteiger partial charge on any atom is 0.200 e. The van der Waals surface area contributed by atoms with Crippen molar-refractivity contribution >= 4 is 0 Å². The highest BCUT2D eigenvalue weighted by molar-refractivity contribution is 5.44. The zero-order valence-electron chi connectivity index (χ0n) is 16.3. The van der Waals surface area contributed by atoms with E-state index in [4.69, 9.17) is 0 Å². The summed E-state index contributed by atoms with van der Waals surface area (Å²) in [5, 5.41) is 10.8. The maximum atomic E-state index is 14.5. The Bertz CT molecular complexity index is 1280. The zero-order chi connectivity index (χ0) is 27.6. The molecule has 0 heterocycles. The van der Waals surface area contributed by atoms with Gasteiger partial charge in [-0.15, -0.1) is 0 Å². The minimum Gasteiger partial charge on any atom is -0.380 e. The third-order valence-corrected chi connectivity index (χ3v) is 4.98. The van der Waals surface area contributed by atoms with Crippen molar-refractivity contribution in [1.29, 1.82) is 0 Å². The largest absolute Gasteiger partial charge is 0.380 e. The Hall–Kier alpha value is -3.43. The lowest BCUT2D eigenvalue weighted by molar-refractivity contribution is 0.0576. The van der Waals surface area contributed by atoms with Gasteiger partial charge in [0.05, 0.1) is 11.1 Å². The molecule has 0 amide bonds. The molecule has 0 aromatic heterocycles. The molecule has 0 unspecified atom stereocenters. The molecule has 0 saturated heterocycles. The molecule has 0 saturated carbocycles. The van der Waals surface area contributed by atoms with Crippen molar-refractivity contribution in [3.8, 4) is 0 Å². The predicted molar refractivity (Wildman–Crippen MR) is 85.4 cm³/mol. The van der Waals surface area contributed by atoms with Crippen molar-refractivity contribution in [2.75, 3.05) is 0 Å². The molecule has 0 aliphatic rings. The van der Waals surface area contributed by atoms with Crippen LogP contribution < -0.4 is 0 Å². The summed E-state index contributed by atoms with van der Waals surface area (Å²) in [7, 11) is 0. The lowest BCUT2D eigenvalue weighted by atomic mass is 9.79. The molecule has 0 atom stereocenters. The van der Waals surface area contributed by atoms with E-state index >= 15 is 0 Å². The van der Waals surface area contributed by atoms with Gasteiger partial charge in [0.1, 0.15) is 5.60 Å². The van der Waals surface area contributed by atoms with Gasteiger partial charge in [-0.1, -0.05) is 0 Å². The Kier molecular flexibility index (Phi) is 6.72. The highest BCUT2D eigenvalue weighted by Crippen LogP contribution is 2.43. The number of hydrogen-bond donors (Lipinski definition) is 1. The molecule has 1 N–H and O–H groups in total. The Morgan fingerprint density at radius 3 is 0.778 bits per heavy atom. The average Bonchev–Trinajstić information content (AvgIpc) is 2.84. The molecule has 3 rings (SSSR count). The Labute approximate surface area is 188 Å².